The van der Waals surface area contributed by atoms with Crippen molar-refractivity contribution in [3.63, 3.8) is 0 Å². The molecule has 0 aromatic heterocycles. The van der Waals surface area contributed by atoms with Gasteiger partial charge in [-0.2, -0.15) is 0 Å². The molecule has 126 valence electrons. The Hall–Kier alpha value is -1.92. The minimum atomic E-state index is -1.03. The Kier molecular flexibility index (Phi) is 6.55. The summed E-state index contributed by atoms with van der Waals surface area (Å²) in [6, 6.07) is 4.72. The van der Waals surface area contributed by atoms with Crippen molar-refractivity contribution in [2.75, 3.05) is 19.0 Å². The Morgan fingerprint density at radius 3 is 2.83 bits per heavy atom. The minimum Gasteiger partial charge on any atom is -0.478 e. The summed E-state index contributed by atoms with van der Waals surface area (Å²) in [5.74, 6) is -1.17. The van der Waals surface area contributed by atoms with E-state index in [0.29, 0.717) is 30.7 Å². The van der Waals surface area contributed by atoms with E-state index in [2.05, 4.69) is 5.32 Å². The van der Waals surface area contributed by atoms with Crippen molar-refractivity contribution in [1.29, 1.82) is 0 Å². The van der Waals surface area contributed by atoms with Crippen molar-refractivity contribution in [3.8, 4) is 0 Å². The quantitative estimate of drug-likeness (QED) is 0.806. The molecule has 0 saturated carbocycles. The van der Waals surface area contributed by atoms with Crippen LogP contribution in [0.4, 0.5) is 5.69 Å². The summed E-state index contributed by atoms with van der Waals surface area (Å²) in [5, 5.41) is 11.9. The summed E-state index contributed by atoms with van der Waals surface area (Å²) >= 11 is 0. The van der Waals surface area contributed by atoms with E-state index in [4.69, 9.17) is 14.6 Å². The summed E-state index contributed by atoms with van der Waals surface area (Å²) in [4.78, 5) is 23.2. The van der Waals surface area contributed by atoms with Crippen LogP contribution in [-0.2, 0) is 20.9 Å². The Morgan fingerprint density at radius 1 is 1.35 bits per heavy atom. The lowest BCUT2D eigenvalue weighted by atomic mass is 10.0. The van der Waals surface area contributed by atoms with Crippen molar-refractivity contribution in [1.82, 2.24) is 0 Å². The van der Waals surface area contributed by atoms with Gasteiger partial charge in [0.1, 0.15) is 0 Å². The molecule has 0 aliphatic carbocycles. The van der Waals surface area contributed by atoms with E-state index in [1.165, 1.54) is 19.2 Å². The van der Waals surface area contributed by atoms with Gasteiger partial charge in [-0.1, -0.05) is 0 Å². The van der Waals surface area contributed by atoms with Gasteiger partial charge in [0, 0.05) is 25.8 Å². The molecule has 1 heterocycles. The van der Waals surface area contributed by atoms with Crippen molar-refractivity contribution >= 4 is 17.6 Å². The Labute approximate surface area is 135 Å². The molecule has 1 unspecified atom stereocenters. The summed E-state index contributed by atoms with van der Waals surface area (Å²) in [6.45, 7) is 1.06. The number of carbonyl (C=O) groups is 2. The highest BCUT2D eigenvalue weighted by Crippen LogP contribution is 2.19. The molecule has 1 fully saturated rings. The summed E-state index contributed by atoms with van der Waals surface area (Å²) < 4.78 is 10.6. The second kappa shape index (κ2) is 8.64. The fourth-order valence-corrected chi connectivity index (χ4v) is 2.69. The highest BCUT2D eigenvalue weighted by atomic mass is 16.5. The van der Waals surface area contributed by atoms with E-state index >= 15 is 0 Å². The second-order valence-electron chi connectivity index (χ2n) is 5.73. The van der Waals surface area contributed by atoms with Crippen molar-refractivity contribution in [2.24, 2.45) is 0 Å². The normalized spacial score (nSPS) is 17.7. The van der Waals surface area contributed by atoms with Crippen LogP contribution in [0.15, 0.2) is 18.2 Å². The van der Waals surface area contributed by atoms with Gasteiger partial charge in [0.2, 0.25) is 5.91 Å². The molecule has 0 spiro atoms. The number of methoxy groups -OCH3 is 1. The van der Waals surface area contributed by atoms with Gasteiger partial charge >= 0.3 is 5.97 Å². The number of benzene rings is 1. The van der Waals surface area contributed by atoms with Gasteiger partial charge in [-0.05, 0) is 49.4 Å². The Morgan fingerprint density at radius 2 is 2.17 bits per heavy atom. The van der Waals surface area contributed by atoms with E-state index in [9.17, 15) is 9.59 Å². The number of nitrogens with one attached hydrogen (secondary N) is 1. The third kappa shape index (κ3) is 5.65. The van der Waals surface area contributed by atoms with Gasteiger partial charge in [0.25, 0.3) is 0 Å². The SMILES string of the molecule is COCc1cc(NC(=O)CCC2CCCCO2)cc(C(=O)O)c1. The van der Waals surface area contributed by atoms with Gasteiger partial charge in [-0.15, -0.1) is 0 Å². The van der Waals surface area contributed by atoms with Crippen LogP contribution in [0.1, 0.15) is 48.0 Å². The van der Waals surface area contributed by atoms with E-state index in [0.717, 1.165) is 25.9 Å². The molecular formula is C17H23NO5. The molecule has 1 aromatic carbocycles. The molecule has 1 amide bonds. The molecule has 6 nitrogen and oxygen atoms in total. The first-order valence-electron chi connectivity index (χ1n) is 7.86. The summed E-state index contributed by atoms with van der Waals surface area (Å²) in [6.07, 6.45) is 4.45. The lowest BCUT2D eigenvalue weighted by Crippen LogP contribution is -2.21. The smallest absolute Gasteiger partial charge is 0.335 e. The Balaban J connectivity index is 1.94. The molecule has 1 atom stereocenters. The maximum absolute atomic E-state index is 12.1. The molecule has 0 bridgehead atoms. The fourth-order valence-electron chi connectivity index (χ4n) is 2.69. The van der Waals surface area contributed by atoms with Crippen molar-refractivity contribution in [3.05, 3.63) is 29.3 Å². The zero-order valence-electron chi connectivity index (χ0n) is 13.3. The molecule has 6 heteroatoms. The van der Waals surface area contributed by atoms with E-state index in [1.807, 2.05) is 0 Å². The van der Waals surface area contributed by atoms with Crippen molar-refractivity contribution in [2.45, 2.75) is 44.8 Å². The number of amides is 1. The van der Waals surface area contributed by atoms with Crippen LogP contribution in [0.2, 0.25) is 0 Å². The lowest BCUT2D eigenvalue weighted by molar-refractivity contribution is -0.117. The fraction of sp³-hybridized carbons (Fsp3) is 0.529. The second-order valence-corrected chi connectivity index (χ2v) is 5.73. The number of carbonyl (C=O) groups excluding carboxylic acids is 1. The largest absolute Gasteiger partial charge is 0.478 e. The van der Waals surface area contributed by atoms with Crippen LogP contribution in [0.5, 0.6) is 0 Å². The molecular weight excluding hydrogens is 298 g/mol. The third-order valence-electron chi connectivity index (χ3n) is 3.80. The molecule has 1 aliphatic rings. The van der Waals surface area contributed by atoms with Gasteiger partial charge in [0.05, 0.1) is 18.3 Å². The van der Waals surface area contributed by atoms with Crippen LogP contribution >= 0.6 is 0 Å². The van der Waals surface area contributed by atoms with Gasteiger partial charge < -0.3 is 19.9 Å². The van der Waals surface area contributed by atoms with E-state index < -0.39 is 5.97 Å². The average Bonchev–Trinajstić information content (AvgIpc) is 2.54. The highest BCUT2D eigenvalue weighted by molar-refractivity contribution is 5.94. The first-order chi connectivity index (χ1) is 11.1. The monoisotopic (exact) mass is 321 g/mol. The zero-order chi connectivity index (χ0) is 16.7. The molecule has 23 heavy (non-hydrogen) atoms. The first kappa shape index (κ1) is 17.4. The molecule has 1 aliphatic heterocycles. The number of anilines is 1. The van der Waals surface area contributed by atoms with E-state index in [1.54, 1.807) is 6.07 Å². The number of hydrogen-bond acceptors (Lipinski definition) is 4. The van der Waals surface area contributed by atoms with Crippen LogP contribution in [0.3, 0.4) is 0 Å². The first-order valence-corrected chi connectivity index (χ1v) is 7.86. The van der Waals surface area contributed by atoms with Gasteiger partial charge in [0.15, 0.2) is 0 Å². The number of rotatable bonds is 7. The number of carboxylic acid groups (broad SMARTS) is 1. The summed E-state index contributed by atoms with van der Waals surface area (Å²) in [7, 11) is 1.54. The topological polar surface area (TPSA) is 84.9 Å². The standard InChI is InChI=1S/C17H23NO5/c1-22-11-12-8-13(17(20)21)10-14(9-12)18-16(19)6-5-15-4-2-3-7-23-15/h8-10,15H,2-7,11H2,1H3,(H,18,19)(H,20,21). The predicted molar refractivity (Wildman–Crippen MR) is 85.6 cm³/mol. The highest BCUT2D eigenvalue weighted by Gasteiger charge is 2.16. The Bertz CT molecular complexity index is 552. The minimum absolute atomic E-state index is 0.130. The third-order valence-corrected chi connectivity index (χ3v) is 3.80. The zero-order valence-corrected chi connectivity index (χ0v) is 13.3. The van der Waals surface area contributed by atoms with Gasteiger partial charge in [-0.3, -0.25) is 4.79 Å². The van der Waals surface area contributed by atoms with Crippen LogP contribution < -0.4 is 5.32 Å². The predicted octanol–water partition coefficient (Wildman–Crippen LogP) is 2.82. The van der Waals surface area contributed by atoms with E-state index in [-0.39, 0.29) is 17.6 Å². The van der Waals surface area contributed by atoms with Crippen LogP contribution in [0, 0.1) is 0 Å². The lowest BCUT2D eigenvalue weighted by Gasteiger charge is -2.22. The van der Waals surface area contributed by atoms with Crippen molar-refractivity contribution < 1.29 is 24.2 Å². The van der Waals surface area contributed by atoms with Gasteiger partial charge in [-0.25, -0.2) is 4.79 Å². The van der Waals surface area contributed by atoms with Crippen LogP contribution in [0.25, 0.3) is 0 Å². The maximum atomic E-state index is 12.1. The maximum Gasteiger partial charge on any atom is 0.335 e. The summed E-state index contributed by atoms with van der Waals surface area (Å²) in [5.41, 5.74) is 1.32. The van der Waals surface area contributed by atoms with Crippen LogP contribution in [-0.4, -0.2) is 36.8 Å². The number of carboxylic acids is 1. The number of ether oxygens (including phenoxy) is 2. The molecule has 2 rings (SSSR count). The molecule has 1 aromatic rings. The number of aromatic carboxylic acids is 1. The molecule has 2 N–H and O–H groups in total. The molecule has 0 radical (unpaired) electrons. The molecule has 1 saturated heterocycles. The average molecular weight is 321 g/mol. The number of hydrogen-bond donors (Lipinski definition) is 2.